The predicted octanol–water partition coefficient (Wildman–Crippen LogP) is 5.33. The van der Waals surface area contributed by atoms with Gasteiger partial charge in [0.25, 0.3) is 0 Å². The van der Waals surface area contributed by atoms with Gasteiger partial charge in [-0.3, -0.25) is 0 Å². The zero-order valence-electron chi connectivity index (χ0n) is 18.6. The third-order valence-corrected chi connectivity index (χ3v) is 10.6. The van der Waals surface area contributed by atoms with Crippen molar-refractivity contribution in [3.8, 4) is 0 Å². The van der Waals surface area contributed by atoms with Crippen molar-refractivity contribution in [1.82, 2.24) is 10.6 Å². The van der Waals surface area contributed by atoms with Crippen LogP contribution in [0.1, 0.15) is 5.56 Å². The van der Waals surface area contributed by atoms with Gasteiger partial charge in [0, 0.05) is 5.56 Å². The molecule has 0 amide bonds. The van der Waals surface area contributed by atoms with E-state index in [4.69, 9.17) is 10.6 Å². The lowest BCUT2D eigenvalue weighted by atomic mass is 10.2. The summed E-state index contributed by atoms with van der Waals surface area (Å²) in [6.07, 6.45) is 0.781. The van der Waals surface area contributed by atoms with Crippen LogP contribution in [0.25, 0.3) is 0 Å². The number of para-hydroxylation sites is 2. The highest BCUT2D eigenvalue weighted by molar-refractivity contribution is 8.01. The maximum atomic E-state index is 4.94. The van der Waals surface area contributed by atoms with E-state index in [0.717, 1.165) is 23.1 Å². The van der Waals surface area contributed by atoms with Crippen LogP contribution in [0.15, 0.2) is 140 Å². The SMILES string of the molecule is c1ccc([P+](c2ccccc2)(c2ccccc2)c2ccccc2[C]2[N]c3ccccc3[N]2)cc1. The molecule has 0 spiro atoms. The van der Waals surface area contributed by atoms with Crippen LogP contribution in [-0.2, 0) is 0 Å². The lowest BCUT2D eigenvalue weighted by Crippen LogP contribution is -2.41. The average Bonchev–Trinajstić information content (AvgIpc) is 3.36. The molecule has 161 valence electrons. The molecule has 2 nitrogen and oxygen atoms in total. The van der Waals surface area contributed by atoms with Crippen molar-refractivity contribution in [3.63, 3.8) is 0 Å². The maximum absolute atomic E-state index is 4.94. The predicted molar refractivity (Wildman–Crippen MR) is 144 cm³/mol. The summed E-state index contributed by atoms with van der Waals surface area (Å²) >= 11 is 0. The van der Waals surface area contributed by atoms with Gasteiger partial charge >= 0.3 is 0 Å². The maximum Gasteiger partial charge on any atom is 0.230 e. The second-order valence-corrected chi connectivity index (χ2v) is 11.6. The highest BCUT2D eigenvalue weighted by Crippen LogP contribution is 2.55. The van der Waals surface area contributed by atoms with Gasteiger partial charge in [0.15, 0.2) is 0 Å². The minimum absolute atomic E-state index is 0.781. The van der Waals surface area contributed by atoms with E-state index in [0.29, 0.717) is 0 Å². The molecule has 0 atom stereocenters. The number of benzene rings is 5. The number of nitrogens with zero attached hydrogens (tertiary/aromatic N) is 2. The molecule has 0 saturated carbocycles. The molecular weight excluding hydrogens is 431 g/mol. The number of rotatable bonds is 5. The van der Waals surface area contributed by atoms with Gasteiger partial charge in [-0.2, -0.15) is 0 Å². The first kappa shape index (κ1) is 20.7. The molecule has 0 fully saturated rings. The second-order valence-electron chi connectivity index (χ2n) is 8.23. The van der Waals surface area contributed by atoms with Crippen LogP contribution in [-0.4, -0.2) is 0 Å². The van der Waals surface area contributed by atoms with E-state index in [1.54, 1.807) is 0 Å². The van der Waals surface area contributed by atoms with E-state index in [2.05, 4.69) is 115 Å². The van der Waals surface area contributed by atoms with Gasteiger partial charge in [-0.15, -0.1) is 0 Å². The second kappa shape index (κ2) is 8.82. The first-order valence-corrected chi connectivity index (χ1v) is 13.2. The molecular formula is C31H23N2P+. The van der Waals surface area contributed by atoms with E-state index in [1.807, 2.05) is 24.3 Å². The first-order chi connectivity index (χ1) is 16.9. The smallest absolute Gasteiger partial charge is 0.230 e. The third-order valence-electron chi connectivity index (χ3n) is 6.27. The molecule has 5 aromatic rings. The molecule has 1 aliphatic rings. The molecule has 0 aromatic heterocycles. The summed E-state index contributed by atoms with van der Waals surface area (Å²) in [6.45, 7) is 0. The molecule has 1 aliphatic heterocycles. The topological polar surface area (TPSA) is 28.2 Å². The largest absolute Gasteiger partial charge is 0.243 e. The van der Waals surface area contributed by atoms with Crippen molar-refractivity contribution in [1.29, 1.82) is 0 Å². The van der Waals surface area contributed by atoms with Crippen molar-refractivity contribution >= 4 is 39.9 Å². The highest BCUT2D eigenvalue weighted by atomic mass is 31.2. The van der Waals surface area contributed by atoms with Crippen molar-refractivity contribution in [2.24, 2.45) is 0 Å². The molecule has 0 unspecified atom stereocenters. The van der Waals surface area contributed by atoms with Gasteiger partial charge in [-0.25, -0.2) is 10.6 Å². The van der Waals surface area contributed by atoms with Gasteiger partial charge < -0.3 is 0 Å². The summed E-state index contributed by atoms with van der Waals surface area (Å²) < 4.78 is 0. The summed E-state index contributed by atoms with van der Waals surface area (Å²) in [5, 5.41) is 15.1. The van der Waals surface area contributed by atoms with E-state index in [-0.39, 0.29) is 0 Å². The third kappa shape index (κ3) is 3.39. The van der Waals surface area contributed by atoms with Crippen LogP contribution in [0.4, 0.5) is 11.4 Å². The van der Waals surface area contributed by atoms with Crippen molar-refractivity contribution in [2.75, 3.05) is 0 Å². The normalized spacial score (nSPS) is 13.1. The monoisotopic (exact) mass is 454 g/mol. The van der Waals surface area contributed by atoms with Crippen molar-refractivity contribution in [3.05, 3.63) is 151 Å². The van der Waals surface area contributed by atoms with Gasteiger partial charge in [-0.1, -0.05) is 84.9 Å². The van der Waals surface area contributed by atoms with Crippen LogP contribution < -0.4 is 31.9 Å². The van der Waals surface area contributed by atoms with Crippen LogP contribution in [0.2, 0.25) is 0 Å². The van der Waals surface area contributed by atoms with Crippen LogP contribution >= 0.6 is 7.26 Å². The van der Waals surface area contributed by atoms with Crippen LogP contribution in [0.5, 0.6) is 0 Å². The minimum Gasteiger partial charge on any atom is -0.243 e. The Morgan fingerprint density at radius 2 is 0.765 bits per heavy atom. The summed E-state index contributed by atoms with van der Waals surface area (Å²) in [4.78, 5) is 0. The minimum atomic E-state index is -2.23. The van der Waals surface area contributed by atoms with E-state index in [1.165, 1.54) is 21.2 Å². The van der Waals surface area contributed by atoms with E-state index in [9.17, 15) is 0 Å². The Hall–Kier alpha value is -3.87. The molecule has 6 rings (SSSR count). The molecule has 34 heavy (non-hydrogen) atoms. The van der Waals surface area contributed by atoms with Gasteiger partial charge in [0.2, 0.25) is 6.17 Å². The van der Waals surface area contributed by atoms with Crippen LogP contribution in [0.3, 0.4) is 0 Å². The molecule has 0 bridgehead atoms. The number of hydrogen-bond donors (Lipinski definition) is 0. The van der Waals surface area contributed by atoms with E-state index < -0.39 is 7.26 Å². The van der Waals surface area contributed by atoms with E-state index >= 15 is 0 Å². The van der Waals surface area contributed by atoms with Gasteiger partial charge in [0.1, 0.15) is 28.5 Å². The lowest BCUT2D eigenvalue weighted by molar-refractivity contribution is 0.836. The zero-order valence-corrected chi connectivity index (χ0v) is 19.5. The van der Waals surface area contributed by atoms with Gasteiger partial charge in [0.05, 0.1) is 11.4 Å². The molecule has 5 aromatic carbocycles. The summed E-state index contributed by atoms with van der Waals surface area (Å²) in [5.41, 5.74) is 2.94. The Morgan fingerprint density at radius 1 is 0.382 bits per heavy atom. The fourth-order valence-corrected chi connectivity index (χ4v) is 9.23. The summed E-state index contributed by atoms with van der Waals surface area (Å²) in [5.74, 6) is 0. The number of hydrogen-bond acceptors (Lipinski definition) is 0. The molecule has 1 heterocycles. The Morgan fingerprint density at radius 3 is 1.24 bits per heavy atom. The molecule has 0 aliphatic carbocycles. The average molecular weight is 455 g/mol. The molecule has 3 heteroatoms. The fraction of sp³-hybridized carbons (Fsp3) is 0. The Balaban J connectivity index is 1.65. The molecule has 0 N–H and O–H groups in total. The standard InChI is InChI=1S/C31H23N2P/c1-4-14-24(15-5-1)34(25-16-6-2-7-17-25,26-18-8-3-9-19-26)30-23-13-10-20-27(30)31-32-28-21-11-12-22-29(28)33-31/h1-23H/q+1. The molecule has 3 radical (unpaired) electrons. The Labute approximate surface area is 201 Å². The van der Waals surface area contributed by atoms with Crippen molar-refractivity contribution < 1.29 is 0 Å². The van der Waals surface area contributed by atoms with Crippen LogP contribution in [0, 0.1) is 6.17 Å². The quantitative estimate of drug-likeness (QED) is 0.321. The highest BCUT2D eigenvalue weighted by Gasteiger charge is 2.50. The number of fused-ring (bicyclic) bond motifs is 1. The Bertz CT molecular complexity index is 1280. The van der Waals surface area contributed by atoms with Crippen molar-refractivity contribution in [2.45, 2.75) is 0 Å². The zero-order chi connectivity index (χ0) is 22.8. The first-order valence-electron chi connectivity index (χ1n) is 11.4. The molecule has 0 saturated heterocycles. The lowest BCUT2D eigenvalue weighted by Gasteiger charge is -2.29. The fourth-order valence-electron chi connectivity index (χ4n) is 4.80. The summed E-state index contributed by atoms with van der Waals surface area (Å²) in [6, 6.07) is 49.5. The Kier molecular flexibility index (Phi) is 5.37. The summed E-state index contributed by atoms with van der Waals surface area (Å²) in [7, 11) is -2.23. The van der Waals surface area contributed by atoms with Gasteiger partial charge in [-0.05, 0) is 54.6 Å².